The molecule has 180 valence electrons. The van der Waals surface area contributed by atoms with Crippen LogP contribution in [0.5, 0.6) is 0 Å². The molecule has 0 aliphatic carbocycles. The van der Waals surface area contributed by atoms with E-state index in [0.717, 1.165) is 5.56 Å². The number of carbonyl (C=O) groups excluding carboxylic acids is 2. The number of fused-ring (bicyclic) bond motifs is 1. The first kappa shape index (κ1) is 23.6. The molecular weight excluding hydrogens is 451 g/mol. The molecule has 1 aliphatic rings. The number of benzene rings is 1. The lowest BCUT2D eigenvalue weighted by atomic mass is 9.84. The molecule has 3 aromatic rings. The topological polar surface area (TPSA) is 95.4 Å². The fourth-order valence-electron chi connectivity index (χ4n) is 4.16. The Morgan fingerprint density at radius 1 is 1.21 bits per heavy atom. The summed E-state index contributed by atoms with van der Waals surface area (Å²) in [6.45, 7) is 6.10. The zero-order chi connectivity index (χ0) is 24.8. The lowest BCUT2D eigenvalue weighted by Crippen LogP contribution is -2.44. The summed E-state index contributed by atoms with van der Waals surface area (Å²) in [6.07, 6.45) is -1.90. The van der Waals surface area contributed by atoms with Crippen molar-refractivity contribution in [2.45, 2.75) is 44.8 Å². The average molecular weight is 475 g/mol. The monoisotopic (exact) mass is 475 g/mol. The second-order valence-electron chi connectivity index (χ2n) is 9.42. The van der Waals surface area contributed by atoms with Crippen LogP contribution in [0.15, 0.2) is 45.9 Å². The van der Waals surface area contributed by atoms with E-state index in [1.165, 1.54) is 17.4 Å². The number of likely N-dealkylation sites (tertiary alicyclic amines) is 1. The van der Waals surface area contributed by atoms with Crippen LogP contribution < -0.4 is 10.9 Å². The summed E-state index contributed by atoms with van der Waals surface area (Å²) in [6, 6.07) is 6.18. The fraction of sp³-hybridized carbons (Fsp3) is 0.375. The van der Waals surface area contributed by atoms with Gasteiger partial charge in [-0.2, -0.15) is 13.2 Å². The van der Waals surface area contributed by atoms with Crippen LogP contribution >= 0.6 is 0 Å². The zero-order valence-electron chi connectivity index (χ0n) is 18.9. The molecule has 1 aliphatic heterocycles. The maximum Gasteiger partial charge on any atom is 0.471 e. The molecule has 2 amide bonds. The summed E-state index contributed by atoms with van der Waals surface area (Å²) in [7, 11) is 0. The van der Waals surface area contributed by atoms with E-state index in [1.807, 2.05) is 32.2 Å². The van der Waals surface area contributed by atoms with Gasteiger partial charge in [0.05, 0.1) is 5.56 Å². The lowest BCUT2D eigenvalue weighted by Gasteiger charge is -2.21. The number of halogens is 3. The van der Waals surface area contributed by atoms with Gasteiger partial charge in [-0.05, 0) is 41.7 Å². The Bertz CT molecular complexity index is 1320. The number of alkyl halides is 3. The van der Waals surface area contributed by atoms with Gasteiger partial charge >= 0.3 is 12.1 Å². The van der Waals surface area contributed by atoms with Crippen LogP contribution in [-0.4, -0.2) is 47.0 Å². The van der Waals surface area contributed by atoms with E-state index in [0.29, 0.717) is 22.1 Å². The van der Waals surface area contributed by atoms with E-state index < -0.39 is 24.0 Å². The Labute approximate surface area is 192 Å². The average Bonchev–Trinajstić information content (AvgIpc) is 3.38. The molecule has 1 atom stereocenters. The normalized spacial score (nSPS) is 16.8. The number of nitrogens with zero attached hydrogens (tertiary/aromatic N) is 1. The van der Waals surface area contributed by atoms with Crippen molar-refractivity contribution < 1.29 is 27.2 Å². The number of aromatic nitrogens is 1. The van der Waals surface area contributed by atoms with E-state index in [4.69, 9.17) is 4.42 Å². The Balaban J connectivity index is 1.71. The van der Waals surface area contributed by atoms with Gasteiger partial charge in [0.1, 0.15) is 11.8 Å². The Kier molecular flexibility index (Phi) is 5.79. The van der Waals surface area contributed by atoms with Crippen LogP contribution in [0, 0.1) is 0 Å². The van der Waals surface area contributed by atoms with E-state index >= 15 is 0 Å². The highest BCUT2D eigenvalue weighted by Gasteiger charge is 2.41. The van der Waals surface area contributed by atoms with Crippen LogP contribution in [0.2, 0.25) is 0 Å². The van der Waals surface area contributed by atoms with Crippen molar-refractivity contribution in [1.29, 1.82) is 0 Å². The first-order chi connectivity index (χ1) is 15.9. The number of aromatic amines is 1. The summed E-state index contributed by atoms with van der Waals surface area (Å²) >= 11 is 0. The first-order valence-corrected chi connectivity index (χ1v) is 10.8. The molecule has 0 spiro atoms. The summed E-state index contributed by atoms with van der Waals surface area (Å²) in [5.74, 6) is -2.44. The van der Waals surface area contributed by atoms with Gasteiger partial charge in [-0.15, -0.1) is 0 Å². The molecule has 0 bridgehead atoms. The molecule has 1 aromatic carbocycles. The second kappa shape index (κ2) is 8.34. The number of rotatable bonds is 3. The van der Waals surface area contributed by atoms with E-state index in [9.17, 15) is 27.6 Å². The summed E-state index contributed by atoms with van der Waals surface area (Å²) in [5, 5.41) is 2.44. The quantitative estimate of drug-likeness (QED) is 0.599. The van der Waals surface area contributed by atoms with Gasteiger partial charge in [-0.1, -0.05) is 20.8 Å². The molecule has 10 heteroatoms. The van der Waals surface area contributed by atoms with Gasteiger partial charge in [-0.3, -0.25) is 14.4 Å². The van der Waals surface area contributed by atoms with Crippen molar-refractivity contribution in [1.82, 2.24) is 15.2 Å². The fourth-order valence-corrected chi connectivity index (χ4v) is 4.16. The highest BCUT2D eigenvalue weighted by atomic mass is 19.4. The van der Waals surface area contributed by atoms with E-state index in [2.05, 4.69) is 4.98 Å². The van der Waals surface area contributed by atoms with Crippen LogP contribution in [-0.2, 0) is 10.2 Å². The number of amides is 2. The van der Waals surface area contributed by atoms with Gasteiger partial charge < -0.3 is 19.6 Å². The molecule has 0 radical (unpaired) electrons. The van der Waals surface area contributed by atoms with Crippen LogP contribution in [0.3, 0.4) is 0 Å². The van der Waals surface area contributed by atoms with Crippen molar-refractivity contribution in [3.63, 3.8) is 0 Å². The predicted octanol–water partition coefficient (Wildman–Crippen LogP) is 3.98. The number of pyridine rings is 1. The molecule has 7 nitrogen and oxygen atoms in total. The predicted molar refractivity (Wildman–Crippen MR) is 119 cm³/mol. The number of hydrogen-bond acceptors (Lipinski definition) is 4. The molecule has 2 N–H and O–H groups in total. The molecule has 1 saturated heterocycles. The van der Waals surface area contributed by atoms with Gasteiger partial charge in [0.25, 0.3) is 11.5 Å². The lowest BCUT2D eigenvalue weighted by molar-refractivity contribution is -0.174. The van der Waals surface area contributed by atoms with E-state index in [1.54, 1.807) is 18.2 Å². The van der Waals surface area contributed by atoms with Crippen LogP contribution in [0.25, 0.3) is 22.1 Å². The molecule has 34 heavy (non-hydrogen) atoms. The van der Waals surface area contributed by atoms with Gasteiger partial charge in [0.2, 0.25) is 0 Å². The van der Waals surface area contributed by atoms with Crippen molar-refractivity contribution in [2.75, 3.05) is 13.1 Å². The third-order valence-corrected chi connectivity index (χ3v) is 5.91. The van der Waals surface area contributed by atoms with Gasteiger partial charge in [-0.25, -0.2) is 0 Å². The van der Waals surface area contributed by atoms with E-state index in [-0.39, 0.29) is 36.0 Å². The van der Waals surface area contributed by atoms with Gasteiger partial charge in [0, 0.05) is 41.8 Å². The SMILES string of the molecule is CC(C)(C)c1cc(-c2ccc[nH]c2=O)cc2c(C(=O)N3CCC(NC(=O)C(F)(F)F)C3)coc12. The number of hydrogen-bond donors (Lipinski definition) is 2. The van der Waals surface area contributed by atoms with Crippen molar-refractivity contribution in [2.24, 2.45) is 0 Å². The molecule has 2 aromatic heterocycles. The zero-order valence-corrected chi connectivity index (χ0v) is 18.9. The maximum absolute atomic E-state index is 13.3. The third kappa shape index (κ3) is 4.44. The Morgan fingerprint density at radius 3 is 2.59 bits per heavy atom. The summed E-state index contributed by atoms with van der Waals surface area (Å²) in [5.41, 5.74) is 1.97. The van der Waals surface area contributed by atoms with Crippen molar-refractivity contribution in [3.05, 3.63) is 58.2 Å². The smallest absolute Gasteiger partial charge is 0.463 e. The molecule has 4 rings (SSSR count). The molecule has 1 fully saturated rings. The molecule has 3 heterocycles. The number of nitrogens with one attached hydrogen (secondary N) is 2. The maximum atomic E-state index is 13.3. The summed E-state index contributed by atoms with van der Waals surface area (Å²) in [4.78, 5) is 41.0. The first-order valence-electron chi connectivity index (χ1n) is 10.8. The minimum absolute atomic E-state index is 0.0441. The van der Waals surface area contributed by atoms with Crippen LogP contribution in [0.1, 0.15) is 43.1 Å². The minimum Gasteiger partial charge on any atom is -0.463 e. The van der Waals surface area contributed by atoms with Crippen LogP contribution in [0.4, 0.5) is 13.2 Å². The molecule has 0 saturated carbocycles. The highest BCUT2D eigenvalue weighted by molar-refractivity contribution is 6.08. The number of furan rings is 1. The Hall–Kier alpha value is -3.56. The largest absolute Gasteiger partial charge is 0.471 e. The molecular formula is C24H24F3N3O4. The minimum atomic E-state index is -4.98. The van der Waals surface area contributed by atoms with Gasteiger partial charge in [0.15, 0.2) is 0 Å². The Morgan fingerprint density at radius 2 is 1.94 bits per heavy atom. The third-order valence-electron chi connectivity index (χ3n) is 5.91. The second-order valence-corrected chi connectivity index (χ2v) is 9.42. The number of carbonyl (C=O) groups is 2. The number of H-pyrrole nitrogens is 1. The molecule has 1 unspecified atom stereocenters. The summed E-state index contributed by atoms with van der Waals surface area (Å²) < 4.78 is 43.5. The standard InChI is InChI=1S/C24H24F3N3O4/c1-23(2,3)18-10-13(15-5-4-7-28-20(15)31)9-16-17(12-34-19(16)18)21(32)30-8-6-14(11-30)29-22(33)24(25,26)27/h4-5,7,9-10,12,14H,6,8,11H2,1-3H3,(H,28,31)(H,29,33). The van der Waals surface area contributed by atoms with Crippen molar-refractivity contribution >= 4 is 22.8 Å². The highest BCUT2D eigenvalue weighted by Crippen LogP contribution is 2.37. The van der Waals surface area contributed by atoms with Crippen molar-refractivity contribution in [3.8, 4) is 11.1 Å².